The largest absolute Gasteiger partial charge is 0.392 e. The second kappa shape index (κ2) is 5.20. The topological polar surface area (TPSA) is 32.3 Å². The molecule has 3 atom stereocenters. The molecule has 0 heterocycles. The summed E-state index contributed by atoms with van der Waals surface area (Å²) in [6.07, 6.45) is 6.40. The van der Waals surface area contributed by atoms with E-state index < -0.39 is 0 Å². The minimum atomic E-state index is -0.161. The lowest BCUT2D eigenvalue weighted by Crippen LogP contribution is -2.47. The monoisotopic (exact) mass is 265 g/mol. The van der Waals surface area contributed by atoms with Crippen molar-refractivity contribution >= 4 is 11.6 Å². The molecule has 2 N–H and O–H groups in total. The molecule has 0 aliphatic heterocycles. The Morgan fingerprint density at radius 1 is 1.11 bits per heavy atom. The Bertz CT molecular complexity index is 435. The predicted molar refractivity (Wildman–Crippen MR) is 74.0 cm³/mol. The van der Waals surface area contributed by atoms with Gasteiger partial charge in [0.1, 0.15) is 0 Å². The van der Waals surface area contributed by atoms with Gasteiger partial charge in [0.25, 0.3) is 0 Å². The lowest BCUT2D eigenvalue weighted by Gasteiger charge is -2.31. The van der Waals surface area contributed by atoms with Crippen LogP contribution in [-0.2, 0) is 12.8 Å². The molecule has 2 aliphatic rings. The number of hydrogen-bond donors (Lipinski definition) is 2. The molecule has 1 aromatic rings. The third-order valence-corrected chi connectivity index (χ3v) is 4.52. The molecule has 1 aromatic carbocycles. The summed E-state index contributed by atoms with van der Waals surface area (Å²) in [5.74, 6) is 0. The van der Waals surface area contributed by atoms with E-state index in [2.05, 4.69) is 17.4 Å². The van der Waals surface area contributed by atoms with Crippen LogP contribution >= 0.6 is 11.6 Å². The summed E-state index contributed by atoms with van der Waals surface area (Å²) in [6.45, 7) is 0. The smallest absolute Gasteiger partial charge is 0.0693 e. The van der Waals surface area contributed by atoms with Crippen LogP contribution in [0.4, 0.5) is 0 Å². The van der Waals surface area contributed by atoms with Crippen molar-refractivity contribution in [3.05, 3.63) is 34.3 Å². The highest BCUT2D eigenvalue weighted by Gasteiger charge is 2.28. The van der Waals surface area contributed by atoms with E-state index in [1.807, 2.05) is 6.07 Å². The number of aliphatic hydroxyl groups excluding tert-OH is 1. The van der Waals surface area contributed by atoms with Crippen LogP contribution < -0.4 is 5.32 Å². The molecular weight excluding hydrogens is 246 g/mol. The highest BCUT2D eigenvalue weighted by Crippen LogP contribution is 2.27. The van der Waals surface area contributed by atoms with Crippen molar-refractivity contribution in [2.24, 2.45) is 0 Å². The number of halogens is 1. The Kier molecular flexibility index (Phi) is 3.60. The van der Waals surface area contributed by atoms with Gasteiger partial charge in [0.05, 0.1) is 6.10 Å². The molecule has 3 rings (SSSR count). The van der Waals surface area contributed by atoms with E-state index in [1.54, 1.807) is 0 Å². The first-order valence-electron chi connectivity index (χ1n) is 6.94. The molecule has 2 nitrogen and oxygen atoms in total. The van der Waals surface area contributed by atoms with Crippen LogP contribution in [0.5, 0.6) is 0 Å². The Labute approximate surface area is 113 Å². The van der Waals surface area contributed by atoms with E-state index in [4.69, 9.17) is 11.6 Å². The zero-order valence-electron chi connectivity index (χ0n) is 10.5. The minimum Gasteiger partial charge on any atom is -0.392 e. The highest BCUT2D eigenvalue weighted by molar-refractivity contribution is 6.30. The lowest BCUT2D eigenvalue weighted by atomic mass is 9.92. The van der Waals surface area contributed by atoms with Gasteiger partial charge in [-0.15, -0.1) is 0 Å². The van der Waals surface area contributed by atoms with E-state index >= 15 is 0 Å². The van der Waals surface area contributed by atoms with Gasteiger partial charge >= 0.3 is 0 Å². The van der Waals surface area contributed by atoms with Crippen molar-refractivity contribution in [1.82, 2.24) is 5.32 Å². The van der Waals surface area contributed by atoms with Crippen LogP contribution in [0.25, 0.3) is 0 Å². The summed E-state index contributed by atoms with van der Waals surface area (Å²) in [6, 6.07) is 6.94. The normalized spacial score (nSPS) is 31.3. The van der Waals surface area contributed by atoms with Crippen LogP contribution in [-0.4, -0.2) is 23.3 Å². The van der Waals surface area contributed by atoms with E-state index in [-0.39, 0.29) is 12.1 Å². The molecule has 18 heavy (non-hydrogen) atoms. The first-order chi connectivity index (χ1) is 8.72. The SMILES string of the molecule is OC1CCCCC1NC1Cc2ccc(Cl)cc2C1. The van der Waals surface area contributed by atoms with Crippen LogP contribution in [0.15, 0.2) is 18.2 Å². The fourth-order valence-electron chi connectivity index (χ4n) is 3.31. The predicted octanol–water partition coefficient (Wildman–Crippen LogP) is 2.70. The third kappa shape index (κ3) is 2.56. The molecule has 0 aromatic heterocycles. The van der Waals surface area contributed by atoms with Crippen LogP contribution in [0.1, 0.15) is 36.8 Å². The van der Waals surface area contributed by atoms with E-state index in [0.717, 1.165) is 30.7 Å². The standard InChI is InChI=1S/C15H20ClNO/c16-12-6-5-10-8-13(9-11(10)7-12)17-14-3-1-2-4-15(14)18/h5-7,13-15,17-18H,1-4,8-9H2. The zero-order valence-corrected chi connectivity index (χ0v) is 11.3. The summed E-state index contributed by atoms with van der Waals surface area (Å²) in [7, 11) is 0. The number of hydrogen-bond acceptors (Lipinski definition) is 2. The molecule has 98 valence electrons. The van der Waals surface area contributed by atoms with Crippen molar-refractivity contribution in [3.63, 3.8) is 0 Å². The van der Waals surface area contributed by atoms with Crippen LogP contribution in [0.3, 0.4) is 0 Å². The van der Waals surface area contributed by atoms with Gasteiger partial charge in [-0.05, 0) is 48.9 Å². The number of benzene rings is 1. The molecule has 3 unspecified atom stereocenters. The van der Waals surface area contributed by atoms with Gasteiger partial charge < -0.3 is 10.4 Å². The maximum Gasteiger partial charge on any atom is 0.0693 e. The summed E-state index contributed by atoms with van der Waals surface area (Å²) >= 11 is 6.03. The molecule has 0 amide bonds. The average Bonchev–Trinajstić information content (AvgIpc) is 2.73. The molecule has 2 aliphatic carbocycles. The van der Waals surface area contributed by atoms with Gasteiger partial charge in [0.2, 0.25) is 0 Å². The average molecular weight is 266 g/mol. The van der Waals surface area contributed by atoms with Crippen molar-refractivity contribution in [1.29, 1.82) is 0 Å². The Balaban J connectivity index is 1.63. The lowest BCUT2D eigenvalue weighted by molar-refractivity contribution is 0.0854. The van der Waals surface area contributed by atoms with E-state index in [1.165, 1.54) is 24.0 Å². The molecule has 0 spiro atoms. The minimum absolute atomic E-state index is 0.161. The van der Waals surface area contributed by atoms with Gasteiger partial charge in [-0.3, -0.25) is 0 Å². The second-order valence-corrected chi connectivity index (χ2v) is 6.08. The molecule has 1 fully saturated rings. The summed E-state index contributed by atoms with van der Waals surface area (Å²) < 4.78 is 0. The zero-order chi connectivity index (χ0) is 12.5. The van der Waals surface area contributed by atoms with Crippen molar-refractivity contribution in [2.45, 2.75) is 56.7 Å². The number of aliphatic hydroxyl groups is 1. The van der Waals surface area contributed by atoms with Crippen molar-refractivity contribution < 1.29 is 5.11 Å². The molecule has 3 heteroatoms. The van der Waals surface area contributed by atoms with Gasteiger partial charge in [-0.2, -0.15) is 0 Å². The van der Waals surface area contributed by atoms with E-state index in [0.29, 0.717) is 6.04 Å². The molecule has 1 saturated carbocycles. The number of rotatable bonds is 2. The fourth-order valence-corrected chi connectivity index (χ4v) is 3.51. The van der Waals surface area contributed by atoms with Gasteiger partial charge in [0, 0.05) is 17.1 Å². The maximum atomic E-state index is 10.0. The first-order valence-corrected chi connectivity index (χ1v) is 7.31. The highest BCUT2D eigenvalue weighted by atomic mass is 35.5. The fraction of sp³-hybridized carbons (Fsp3) is 0.600. The Morgan fingerprint density at radius 3 is 2.72 bits per heavy atom. The Hall–Kier alpha value is -0.570. The number of nitrogens with one attached hydrogen (secondary N) is 1. The van der Waals surface area contributed by atoms with Gasteiger partial charge in [-0.25, -0.2) is 0 Å². The van der Waals surface area contributed by atoms with Gasteiger partial charge in [0.15, 0.2) is 0 Å². The molecular formula is C15H20ClNO. The van der Waals surface area contributed by atoms with Gasteiger partial charge in [-0.1, -0.05) is 30.5 Å². The van der Waals surface area contributed by atoms with E-state index in [9.17, 15) is 5.11 Å². The van der Waals surface area contributed by atoms with Crippen molar-refractivity contribution in [3.8, 4) is 0 Å². The van der Waals surface area contributed by atoms with Crippen molar-refractivity contribution in [2.75, 3.05) is 0 Å². The molecule has 0 bridgehead atoms. The maximum absolute atomic E-state index is 10.0. The van der Waals surface area contributed by atoms with Crippen LogP contribution in [0, 0.1) is 0 Å². The first kappa shape index (κ1) is 12.5. The quantitative estimate of drug-likeness (QED) is 0.862. The van der Waals surface area contributed by atoms with Crippen LogP contribution in [0.2, 0.25) is 5.02 Å². The number of fused-ring (bicyclic) bond motifs is 1. The summed E-state index contributed by atoms with van der Waals surface area (Å²) in [5.41, 5.74) is 2.77. The molecule has 0 radical (unpaired) electrons. The second-order valence-electron chi connectivity index (χ2n) is 5.64. The molecule has 0 saturated heterocycles. The summed E-state index contributed by atoms with van der Waals surface area (Å²) in [5, 5.41) is 14.5. The summed E-state index contributed by atoms with van der Waals surface area (Å²) in [4.78, 5) is 0. The Morgan fingerprint density at radius 2 is 1.89 bits per heavy atom. The third-order valence-electron chi connectivity index (χ3n) is 4.28.